The van der Waals surface area contributed by atoms with Crippen LogP contribution in [0.15, 0.2) is 0 Å². The zero-order chi connectivity index (χ0) is 13.2. The Hall–Kier alpha value is -0.120. The van der Waals surface area contributed by atoms with E-state index in [0.717, 1.165) is 25.0 Å². The third kappa shape index (κ3) is 4.22. The molecule has 106 valence electrons. The van der Waals surface area contributed by atoms with Gasteiger partial charge in [-0.2, -0.15) is 0 Å². The van der Waals surface area contributed by atoms with E-state index < -0.39 is 0 Å². The van der Waals surface area contributed by atoms with Gasteiger partial charge in [0.05, 0.1) is 6.10 Å². The van der Waals surface area contributed by atoms with Gasteiger partial charge >= 0.3 is 0 Å². The summed E-state index contributed by atoms with van der Waals surface area (Å²) in [7, 11) is 0. The van der Waals surface area contributed by atoms with E-state index in [1.807, 2.05) is 0 Å². The monoisotopic (exact) mass is 254 g/mol. The highest BCUT2D eigenvalue weighted by Gasteiger charge is 2.30. The Balaban J connectivity index is 1.68. The van der Waals surface area contributed by atoms with Gasteiger partial charge in [0.1, 0.15) is 0 Å². The van der Waals surface area contributed by atoms with Gasteiger partial charge in [-0.1, -0.05) is 0 Å². The largest absolute Gasteiger partial charge is 0.378 e. The highest BCUT2D eigenvalue weighted by atomic mass is 16.5. The first kappa shape index (κ1) is 14.3. The fourth-order valence-corrected chi connectivity index (χ4v) is 3.04. The van der Waals surface area contributed by atoms with Crippen LogP contribution >= 0.6 is 0 Å². The first-order valence-corrected chi connectivity index (χ1v) is 7.53. The van der Waals surface area contributed by atoms with Gasteiger partial charge in [0.2, 0.25) is 0 Å². The molecule has 0 aromatic rings. The molecule has 2 aliphatic rings. The van der Waals surface area contributed by atoms with Gasteiger partial charge in [-0.15, -0.1) is 0 Å². The molecule has 0 spiro atoms. The Morgan fingerprint density at radius 1 is 1.28 bits per heavy atom. The third-order valence-corrected chi connectivity index (χ3v) is 4.32. The van der Waals surface area contributed by atoms with Crippen molar-refractivity contribution >= 4 is 0 Å². The zero-order valence-electron chi connectivity index (χ0n) is 12.5. The standard InChI is InChI=1S/C15H30N2O/c1-12-14(6-8-18-12)11-17-7-5-13(10-17)9-16-15(2,3)4/h12-14,16H,5-11H2,1-4H3. The van der Waals surface area contributed by atoms with Crippen molar-refractivity contribution in [3.05, 3.63) is 0 Å². The fourth-order valence-electron chi connectivity index (χ4n) is 3.04. The summed E-state index contributed by atoms with van der Waals surface area (Å²) >= 11 is 0. The molecule has 1 N–H and O–H groups in total. The number of nitrogens with zero attached hydrogens (tertiary/aromatic N) is 1. The molecule has 18 heavy (non-hydrogen) atoms. The second-order valence-electron chi connectivity index (χ2n) is 7.17. The van der Waals surface area contributed by atoms with Crippen LogP contribution in [0.1, 0.15) is 40.5 Å². The molecule has 2 aliphatic heterocycles. The average Bonchev–Trinajstić information content (AvgIpc) is 2.86. The molecule has 3 atom stereocenters. The van der Waals surface area contributed by atoms with Crippen LogP contribution < -0.4 is 5.32 Å². The Bertz CT molecular complexity index is 262. The number of hydrogen-bond acceptors (Lipinski definition) is 3. The smallest absolute Gasteiger partial charge is 0.0588 e. The summed E-state index contributed by atoms with van der Waals surface area (Å²) in [5.41, 5.74) is 0.251. The predicted octanol–water partition coefficient (Wildman–Crippen LogP) is 2.12. The van der Waals surface area contributed by atoms with E-state index in [4.69, 9.17) is 4.74 Å². The van der Waals surface area contributed by atoms with Gasteiger partial charge in [0.15, 0.2) is 0 Å². The van der Waals surface area contributed by atoms with E-state index in [0.29, 0.717) is 6.10 Å². The number of rotatable bonds is 4. The van der Waals surface area contributed by atoms with Crippen LogP contribution in [0.4, 0.5) is 0 Å². The van der Waals surface area contributed by atoms with E-state index in [9.17, 15) is 0 Å². The molecule has 0 radical (unpaired) electrons. The summed E-state index contributed by atoms with van der Waals surface area (Å²) in [6, 6.07) is 0. The molecule has 3 heteroatoms. The molecule has 2 heterocycles. The number of ether oxygens (including phenoxy) is 1. The van der Waals surface area contributed by atoms with Crippen molar-refractivity contribution in [2.75, 3.05) is 32.8 Å². The molecule has 2 saturated heterocycles. The maximum absolute atomic E-state index is 5.66. The van der Waals surface area contributed by atoms with Crippen molar-refractivity contribution in [3.63, 3.8) is 0 Å². The van der Waals surface area contributed by atoms with Crippen molar-refractivity contribution < 1.29 is 4.74 Å². The molecule has 3 nitrogen and oxygen atoms in total. The summed E-state index contributed by atoms with van der Waals surface area (Å²) in [6.07, 6.45) is 3.07. The lowest BCUT2D eigenvalue weighted by Crippen LogP contribution is -2.40. The van der Waals surface area contributed by atoms with Crippen molar-refractivity contribution in [2.24, 2.45) is 11.8 Å². The first-order valence-electron chi connectivity index (χ1n) is 7.53. The van der Waals surface area contributed by atoms with Crippen LogP contribution in [0.5, 0.6) is 0 Å². The molecule has 0 bridgehead atoms. The second-order valence-corrected chi connectivity index (χ2v) is 7.17. The van der Waals surface area contributed by atoms with Gasteiger partial charge in [-0.25, -0.2) is 0 Å². The number of likely N-dealkylation sites (tertiary alicyclic amines) is 1. The number of nitrogens with one attached hydrogen (secondary N) is 1. The maximum Gasteiger partial charge on any atom is 0.0588 e. The summed E-state index contributed by atoms with van der Waals surface area (Å²) in [5.74, 6) is 1.60. The lowest BCUT2D eigenvalue weighted by Gasteiger charge is -2.24. The van der Waals surface area contributed by atoms with Crippen molar-refractivity contribution in [2.45, 2.75) is 52.2 Å². The van der Waals surface area contributed by atoms with Crippen molar-refractivity contribution in [1.82, 2.24) is 10.2 Å². The lowest BCUT2D eigenvalue weighted by atomic mass is 10.0. The molecular weight excluding hydrogens is 224 g/mol. The minimum atomic E-state index is 0.251. The normalized spacial score (nSPS) is 34.3. The zero-order valence-corrected chi connectivity index (χ0v) is 12.5. The Morgan fingerprint density at radius 3 is 2.67 bits per heavy atom. The molecule has 2 rings (SSSR count). The molecule has 3 unspecified atom stereocenters. The van der Waals surface area contributed by atoms with Crippen LogP contribution in [0.2, 0.25) is 0 Å². The van der Waals surface area contributed by atoms with Crippen LogP contribution in [0, 0.1) is 11.8 Å². The topological polar surface area (TPSA) is 24.5 Å². The second kappa shape index (κ2) is 5.89. The first-order chi connectivity index (χ1) is 8.44. The van der Waals surface area contributed by atoms with Gasteiger partial charge in [-0.3, -0.25) is 0 Å². The van der Waals surface area contributed by atoms with E-state index in [-0.39, 0.29) is 5.54 Å². The van der Waals surface area contributed by atoms with E-state index in [2.05, 4.69) is 37.9 Å². The Morgan fingerprint density at radius 2 is 2.06 bits per heavy atom. The van der Waals surface area contributed by atoms with Gasteiger partial charge < -0.3 is 15.0 Å². The van der Waals surface area contributed by atoms with Gasteiger partial charge in [0, 0.05) is 25.2 Å². The summed E-state index contributed by atoms with van der Waals surface area (Å²) in [6.45, 7) is 14.9. The van der Waals surface area contributed by atoms with Crippen LogP contribution in [0.25, 0.3) is 0 Å². The minimum absolute atomic E-state index is 0.251. The van der Waals surface area contributed by atoms with E-state index in [1.165, 1.54) is 32.5 Å². The third-order valence-electron chi connectivity index (χ3n) is 4.32. The Kier molecular flexibility index (Phi) is 4.68. The highest BCUT2D eigenvalue weighted by Crippen LogP contribution is 2.24. The Labute approximate surface area is 112 Å². The SMILES string of the molecule is CC1OCCC1CN1CCC(CNC(C)(C)C)C1. The molecule has 0 aliphatic carbocycles. The number of hydrogen-bond donors (Lipinski definition) is 1. The van der Waals surface area contributed by atoms with Crippen LogP contribution in [-0.2, 0) is 4.74 Å². The molecule has 0 saturated carbocycles. The molecular formula is C15H30N2O. The summed E-state index contributed by atoms with van der Waals surface area (Å²) in [4.78, 5) is 2.64. The predicted molar refractivity (Wildman–Crippen MR) is 75.8 cm³/mol. The molecule has 0 aromatic heterocycles. The molecule has 0 aromatic carbocycles. The molecule has 2 fully saturated rings. The van der Waals surface area contributed by atoms with Crippen molar-refractivity contribution in [3.8, 4) is 0 Å². The van der Waals surface area contributed by atoms with Crippen LogP contribution in [-0.4, -0.2) is 49.3 Å². The highest BCUT2D eigenvalue weighted by molar-refractivity contribution is 4.83. The summed E-state index contributed by atoms with van der Waals surface area (Å²) < 4.78 is 5.66. The quantitative estimate of drug-likeness (QED) is 0.832. The van der Waals surface area contributed by atoms with E-state index in [1.54, 1.807) is 0 Å². The van der Waals surface area contributed by atoms with Crippen LogP contribution in [0.3, 0.4) is 0 Å². The maximum atomic E-state index is 5.66. The fraction of sp³-hybridized carbons (Fsp3) is 1.00. The molecule has 0 amide bonds. The average molecular weight is 254 g/mol. The minimum Gasteiger partial charge on any atom is -0.378 e. The van der Waals surface area contributed by atoms with Gasteiger partial charge in [0.25, 0.3) is 0 Å². The van der Waals surface area contributed by atoms with Crippen molar-refractivity contribution in [1.29, 1.82) is 0 Å². The summed E-state index contributed by atoms with van der Waals surface area (Å²) in [5, 5.41) is 3.64. The lowest BCUT2D eigenvalue weighted by molar-refractivity contribution is 0.0952. The van der Waals surface area contributed by atoms with Gasteiger partial charge in [-0.05, 0) is 65.5 Å². The van der Waals surface area contributed by atoms with E-state index >= 15 is 0 Å².